The number of hydrogen-bond acceptors (Lipinski definition) is 3. The van der Waals surface area contributed by atoms with Crippen LogP contribution >= 0.6 is 0 Å². The molecule has 0 aliphatic carbocycles. The fraction of sp³-hybridized carbons (Fsp3) is 0.0769. The van der Waals surface area contributed by atoms with E-state index in [1.54, 1.807) is 30.3 Å². The Morgan fingerprint density at radius 1 is 0.895 bits per heavy atom. The van der Waals surface area contributed by atoms with Gasteiger partial charge in [-0.1, -0.05) is 48.5 Å². The van der Waals surface area contributed by atoms with Crippen molar-refractivity contribution < 1.29 is 12.6 Å². The second-order valence-electron chi connectivity index (χ2n) is 3.66. The quantitative estimate of drug-likeness (QED) is 0.847. The molecule has 4 nitrogen and oxygen atoms in total. The normalized spacial score (nSPS) is 10.5. The third-order valence-corrected chi connectivity index (χ3v) is 3.15. The Balaban J connectivity index is 0.00000180. The summed E-state index contributed by atoms with van der Waals surface area (Å²) in [4.78, 5) is 0. The van der Waals surface area contributed by atoms with E-state index in [2.05, 4.69) is 4.72 Å². The first kappa shape index (κ1) is 16.2. The van der Waals surface area contributed by atoms with Gasteiger partial charge in [-0.15, -0.1) is 0 Å². The van der Waals surface area contributed by atoms with Crippen LogP contribution in [-0.4, -0.2) is 38.0 Å². The van der Waals surface area contributed by atoms with Gasteiger partial charge >= 0.3 is 39.9 Å². The maximum absolute atomic E-state index is 11.6. The number of benzene rings is 2. The number of nitrogens with one attached hydrogen (secondary N) is 1. The summed E-state index contributed by atoms with van der Waals surface area (Å²) in [5.41, 5.74) is 0.873. The first-order valence-corrected chi connectivity index (χ1v) is 6.84. The van der Waals surface area contributed by atoms with E-state index < -0.39 is 10.3 Å². The Bertz CT molecular complexity index is 588. The summed E-state index contributed by atoms with van der Waals surface area (Å²) < 4.78 is 30.5. The van der Waals surface area contributed by atoms with Crippen LogP contribution in [0.2, 0.25) is 0 Å². The molecular formula is C13H14NNaO3S. The van der Waals surface area contributed by atoms with Gasteiger partial charge in [0.15, 0.2) is 0 Å². The van der Waals surface area contributed by atoms with E-state index in [0.29, 0.717) is 0 Å². The van der Waals surface area contributed by atoms with Crippen molar-refractivity contribution >= 4 is 39.9 Å². The van der Waals surface area contributed by atoms with Crippen molar-refractivity contribution in [1.29, 1.82) is 0 Å². The second kappa shape index (κ2) is 7.67. The van der Waals surface area contributed by atoms with Gasteiger partial charge in [0.05, 0.1) is 0 Å². The molecule has 19 heavy (non-hydrogen) atoms. The Kier molecular flexibility index (Phi) is 6.54. The van der Waals surface area contributed by atoms with E-state index >= 15 is 0 Å². The van der Waals surface area contributed by atoms with Gasteiger partial charge in [-0.25, -0.2) is 0 Å². The fourth-order valence-electron chi connectivity index (χ4n) is 1.40. The summed E-state index contributed by atoms with van der Waals surface area (Å²) in [6.45, 7) is 0.204. The van der Waals surface area contributed by atoms with Crippen LogP contribution in [0, 0.1) is 0 Å². The Hall–Kier alpha value is -0.850. The van der Waals surface area contributed by atoms with Crippen LogP contribution < -0.4 is 8.91 Å². The van der Waals surface area contributed by atoms with E-state index in [0.717, 1.165) is 5.56 Å². The minimum absolute atomic E-state index is 0. The Morgan fingerprint density at radius 2 is 1.42 bits per heavy atom. The monoisotopic (exact) mass is 287 g/mol. The molecule has 2 aromatic rings. The zero-order valence-corrected chi connectivity index (χ0v) is 10.4. The number of para-hydroxylation sites is 1. The van der Waals surface area contributed by atoms with Crippen LogP contribution in [-0.2, 0) is 16.8 Å². The van der Waals surface area contributed by atoms with Gasteiger partial charge in [0.25, 0.3) is 0 Å². The van der Waals surface area contributed by atoms with Gasteiger partial charge in [-0.3, -0.25) is 0 Å². The van der Waals surface area contributed by atoms with Crippen LogP contribution in [0.1, 0.15) is 5.56 Å². The van der Waals surface area contributed by atoms with Crippen LogP contribution in [0.4, 0.5) is 0 Å². The maximum atomic E-state index is 11.6. The molecule has 0 bridgehead atoms. The molecule has 0 unspecified atom stereocenters. The van der Waals surface area contributed by atoms with Crippen LogP contribution in [0.25, 0.3) is 0 Å². The molecular weight excluding hydrogens is 273 g/mol. The summed E-state index contributed by atoms with van der Waals surface area (Å²) in [6, 6.07) is 17.6. The van der Waals surface area contributed by atoms with Crippen molar-refractivity contribution in [2.45, 2.75) is 6.54 Å². The average Bonchev–Trinajstić information content (AvgIpc) is 2.38. The first-order valence-electron chi connectivity index (χ1n) is 5.44. The van der Waals surface area contributed by atoms with Crippen LogP contribution in [0.15, 0.2) is 60.7 Å². The Labute approximate surface area is 135 Å². The molecule has 0 fully saturated rings. The van der Waals surface area contributed by atoms with Crippen LogP contribution in [0.3, 0.4) is 0 Å². The predicted octanol–water partition coefficient (Wildman–Crippen LogP) is 1.45. The molecule has 2 rings (SSSR count). The summed E-state index contributed by atoms with van der Waals surface area (Å²) in [5.74, 6) is 0.290. The van der Waals surface area contributed by atoms with E-state index in [1.165, 1.54) is 0 Å². The third kappa shape index (κ3) is 5.76. The molecule has 0 heterocycles. The molecule has 0 aliphatic rings. The summed E-state index contributed by atoms with van der Waals surface area (Å²) in [5, 5.41) is 0. The topological polar surface area (TPSA) is 55.4 Å². The SMILES string of the molecule is O=S(=O)(NCc1ccccc1)Oc1ccccc1.[NaH]. The zero-order valence-electron chi connectivity index (χ0n) is 9.61. The molecule has 6 heteroatoms. The third-order valence-electron chi connectivity index (χ3n) is 2.25. The fourth-order valence-corrected chi connectivity index (χ4v) is 2.17. The van der Waals surface area contributed by atoms with Gasteiger partial charge in [0.1, 0.15) is 5.75 Å². The zero-order chi connectivity index (χ0) is 12.8. The van der Waals surface area contributed by atoms with E-state index in [4.69, 9.17) is 4.18 Å². The van der Waals surface area contributed by atoms with Gasteiger partial charge < -0.3 is 4.18 Å². The standard InChI is InChI=1S/C13H13NO3S.Na.H/c15-18(16,17-13-9-5-2-6-10-13)14-11-12-7-3-1-4-8-12;;/h1-10,14H,11H2;;. The molecule has 0 radical (unpaired) electrons. The van der Waals surface area contributed by atoms with Crippen molar-refractivity contribution in [1.82, 2.24) is 4.72 Å². The predicted molar refractivity (Wildman–Crippen MR) is 76.4 cm³/mol. The van der Waals surface area contributed by atoms with Gasteiger partial charge in [0, 0.05) is 6.54 Å². The van der Waals surface area contributed by atoms with Crippen molar-refractivity contribution in [2.75, 3.05) is 0 Å². The number of hydrogen-bond donors (Lipinski definition) is 1. The second-order valence-corrected chi connectivity index (χ2v) is 5.02. The average molecular weight is 287 g/mol. The summed E-state index contributed by atoms with van der Waals surface area (Å²) >= 11 is 0. The first-order chi connectivity index (χ1) is 8.66. The van der Waals surface area contributed by atoms with Crippen LogP contribution in [0.5, 0.6) is 5.75 Å². The molecule has 0 amide bonds. The van der Waals surface area contributed by atoms with E-state index in [1.807, 2.05) is 30.3 Å². The van der Waals surface area contributed by atoms with Crippen molar-refractivity contribution in [3.8, 4) is 5.75 Å². The molecule has 96 valence electrons. The van der Waals surface area contributed by atoms with Crippen molar-refractivity contribution in [3.05, 3.63) is 66.2 Å². The van der Waals surface area contributed by atoms with E-state index in [9.17, 15) is 8.42 Å². The molecule has 0 saturated heterocycles. The van der Waals surface area contributed by atoms with Gasteiger partial charge in [-0.2, -0.15) is 13.1 Å². The summed E-state index contributed by atoms with van der Waals surface area (Å²) in [6.07, 6.45) is 0. The molecule has 0 atom stereocenters. The molecule has 0 aliphatic heterocycles. The molecule has 2 aromatic carbocycles. The molecule has 0 saturated carbocycles. The molecule has 1 N–H and O–H groups in total. The minimum atomic E-state index is -3.78. The molecule has 0 spiro atoms. The summed E-state index contributed by atoms with van der Waals surface area (Å²) in [7, 11) is -3.78. The van der Waals surface area contributed by atoms with Gasteiger partial charge in [-0.05, 0) is 17.7 Å². The number of rotatable bonds is 5. The molecule has 0 aromatic heterocycles. The van der Waals surface area contributed by atoms with Gasteiger partial charge in [0.2, 0.25) is 0 Å². The Morgan fingerprint density at radius 3 is 2.00 bits per heavy atom. The van der Waals surface area contributed by atoms with Crippen molar-refractivity contribution in [3.63, 3.8) is 0 Å². The van der Waals surface area contributed by atoms with E-state index in [-0.39, 0.29) is 41.9 Å². The van der Waals surface area contributed by atoms with Crippen molar-refractivity contribution in [2.24, 2.45) is 0 Å².